The highest BCUT2D eigenvalue weighted by Gasteiger charge is 2.37. The van der Waals surface area contributed by atoms with E-state index in [9.17, 15) is 4.79 Å². The monoisotopic (exact) mass is 273 g/mol. The molecule has 4 heterocycles. The average Bonchev–Trinajstić information content (AvgIpc) is 3.06. The molecule has 106 valence electrons. The van der Waals surface area contributed by atoms with Crippen molar-refractivity contribution in [1.82, 2.24) is 24.8 Å². The molecule has 2 saturated heterocycles. The molecule has 0 radical (unpaired) electrons. The van der Waals surface area contributed by atoms with Crippen molar-refractivity contribution in [1.29, 1.82) is 0 Å². The lowest BCUT2D eigenvalue weighted by molar-refractivity contribution is 0.241. The van der Waals surface area contributed by atoms with E-state index in [2.05, 4.69) is 20.3 Å². The lowest BCUT2D eigenvalue weighted by atomic mass is 10.1. The van der Waals surface area contributed by atoms with E-state index in [0.717, 1.165) is 43.5 Å². The first-order chi connectivity index (χ1) is 9.70. The second kappa shape index (κ2) is 4.43. The summed E-state index contributed by atoms with van der Waals surface area (Å²) in [7, 11) is 0. The summed E-state index contributed by atoms with van der Waals surface area (Å²) in [6.07, 6.45) is 1.25. The molecule has 2 aromatic rings. The number of aromatic amines is 1. The van der Waals surface area contributed by atoms with Crippen LogP contribution in [0.4, 0.5) is 0 Å². The van der Waals surface area contributed by atoms with Gasteiger partial charge in [-0.05, 0) is 32.4 Å². The van der Waals surface area contributed by atoms with Crippen LogP contribution in [0.3, 0.4) is 0 Å². The number of rotatable bonds is 2. The van der Waals surface area contributed by atoms with E-state index in [0.29, 0.717) is 11.7 Å². The van der Waals surface area contributed by atoms with Crippen molar-refractivity contribution >= 4 is 5.65 Å². The molecule has 2 aliphatic heterocycles. The third-order valence-corrected chi connectivity index (χ3v) is 4.56. The Morgan fingerprint density at radius 1 is 1.40 bits per heavy atom. The zero-order valence-electron chi connectivity index (χ0n) is 11.6. The van der Waals surface area contributed by atoms with Gasteiger partial charge >= 0.3 is 0 Å². The maximum atomic E-state index is 12.1. The Bertz CT molecular complexity index is 703. The Hall–Kier alpha value is -1.66. The summed E-state index contributed by atoms with van der Waals surface area (Å²) in [5, 5.41) is 6.45. The standard InChI is InChI=1S/C14H19N5O/c1-9-4-13-16-11(5-14(20)19(13)17-9)8-18-3-2-10-6-15-7-12(10)18/h4-5,10,12,15,17H,2-3,6-8H2,1H3/t10-,12+/m0/s1. The summed E-state index contributed by atoms with van der Waals surface area (Å²) in [5.74, 6) is 0.773. The molecule has 0 spiro atoms. The number of hydrogen-bond acceptors (Lipinski definition) is 4. The normalized spacial score (nSPS) is 26.4. The van der Waals surface area contributed by atoms with Gasteiger partial charge in [-0.2, -0.15) is 0 Å². The summed E-state index contributed by atoms with van der Waals surface area (Å²) in [5.41, 5.74) is 2.51. The number of hydrogen-bond donors (Lipinski definition) is 2. The molecule has 6 heteroatoms. The zero-order valence-corrected chi connectivity index (χ0v) is 11.6. The number of fused-ring (bicyclic) bond motifs is 2. The summed E-state index contributed by atoms with van der Waals surface area (Å²) in [4.78, 5) is 19.1. The number of nitrogens with zero attached hydrogens (tertiary/aromatic N) is 3. The number of likely N-dealkylation sites (tertiary alicyclic amines) is 1. The minimum atomic E-state index is -0.0293. The van der Waals surface area contributed by atoms with Gasteiger partial charge in [0.1, 0.15) is 0 Å². The fourth-order valence-electron chi connectivity index (χ4n) is 3.58. The van der Waals surface area contributed by atoms with Gasteiger partial charge in [0.05, 0.1) is 5.69 Å². The highest BCUT2D eigenvalue weighted by atomic mass is 16.1. The second-order valence-corrected chi connectivity index (χ2v) is 5.96. The molecule has 2 atom stereocenters. The third-order valence-electron chi connectivity index (χ3n) is 4.56. The van der Waals surface area contributed by atoms with Gasteiger partial charge in [0.15, 0.2) is 5.65 Å². The van der Waals surface area contributed by atoms with Crippen LogP contribution >= 0.6 is 0 Å². The minimum absolute atomic E-state index is 0.0293. The Morgan fingerprint density at radius 2 is 2.30 bits per heavy atom. The first kappa shape index (κ1) is 12.1. The van der Waals surface area contributed by atoms with Gasteiger partial charge in [-0.25, -0.2) is 9.50 Å². The molecule has 2 N–H and O–H groups in total. The first-order valence-corrected chi connectivity index (χ1v) is 7.24. The van der Waals surface area contributed by atoms with Gasteiger partial charge in [0.2, 0.25) is 0 Å². The van der Waals surface area contributed by atoms with Crippen molar-refractivity contribution in [2.24, 2.45) is 5.92 Å². The fourth-order valence-corrected chi connectivity index (χ4v) is 3.58. The predicted octanol–water partition coefficient (Wildman–Crippen LogP) is 0.125. The Labute approximate surface area is 116 Å². The highest BCUT2D eigenvalue weighted by molar-refractivity contribution is 5.39. The van der Waals surface area contributed by atoms with Gasteiger partial charge in [0, 0.05) is 37.0 Å². The van der Waals surface area contributed by atoms with Crippen molar-refractivity contribution in [2.45, 2.75) is 25.9 Å². The van der Waals surface area contributed by atoms with Crippen molar-refractivity contribution in [3.05, 3.63) is 33.9 Å². The molecular weight excluding hydrogens is 254 g/mol. The molecule has 2 aliphatic rings. The number of nitrogens with one attached hydrogen (secondary N) is 2. The van der Waals surface area contributed by atoms with Crippen LogP contribution in [0, 0.1) is 12.8 Å². The summed E-state index contributed by atoms with van der Waals surface area (Å²) < 4.78 is 1.50. The molecule has 2 fully saturated rings. The Balaban J connectivity index is 1.64. The summed E-state index contributed by atoms with van der Waals surface area (Å²) in [6.45, 7) is 6.02. The zero-order chi connectivity index (χ0) is 13.7. The molecule has 0 bridgehead atoms. The van der Waals surface area contributed by atoms with E-state index < -0.39 is 0 Å². The molecule has 2 aromatic heterocycles. The van der Waals surface area contributed by atoms with Gasteiger partial charge in [-0.3, -0.25) is 14.8 Å². The predicted molar refractivity (Wildman–Crippen MR) is 75.7 cm³/mol. The van der Waals surface area contributed by atoms with Crippen LogP contribution in [0.2, 0.25) is 0 Å². The lowest BCUT2D eigenvalue weighted by Gasteiger charge is -2.22. The quantitative estimate of drug-likeness (QED) is 0.816. The van der Waals surface area contributed by atoms with Crippen LogP contribution in [0.5, 0.6) is 0 Å². The van der Waals surface area contributed by atoms with Crippen LogP contribution in [0.25, 0.3) is 5.65 Å². The van der Waals surface area contributed by atoms with E-state index in [1.165, 1.54) is 10.9 Å². The van der Waals surface area contributed by atoms with Gasteiger partial charge < -0.3 is 5.32 Å². The van der Waals surface area contributed by atoms with Crippen LogP contribution in [-0.4, -0.2) is 45.2 Å². The SMILES string of the molecule is Cc1cc2nc(CN3CC[C@H]4CNC[C@H]43)cc(=O)n2[nH]1. The molecular formula is C14H19N5O. The maximum Gasteiger partial charge on any atom is 0.272 e. The van der Waals surface area contributed by atoms with Crippen molar-refractivity contribution in [2.75, 3.05) is 19.6 Å². The summed E-state index contributed by atoms with van der Waals surface area (Å²) in [6, 6.07) is 4.18. The van der Waals surface area contributed by atoms with Crippen molar-refractivity contribution in [3.63, 3.8) is 0 Å². The molecule has 6 nitrogen and oxygen atoms in total. The lowest BCUT2D eigenvalue weighted by Crippen LogP contribution is -2.34. The number of H-pyrrole nitrogens is 1. The third kappa shape index (κ3) is 1.87. The second-order valence-electron chi connectivity index (χ2n) is 5.96. The molecule has 4 rings (SSSR count). The van der Waals surface area contributed by atoms with Crippen LogP contribution < -0.4 is 10.9 Å². The van der Waals surface area contributed by atoms with Crippen molar-refractivity contribution < 1.29 is 0 Å². The first-order valence-electron chi connectivity index (χ1n) is 7.24. The smallest absolute Gasteiger partial charge is 0.272 e. The Morgan fingerprint density at radius 3 is 3.20 bits per heavy atom. The number of aromatic nitrogens is 3. The van der Waals surface area contributed by atoms with Crippen LogP contribution in [0.1, 0.15) is 17.8 Å². The van der Waals surface area contributed by atoms with Gasteiger partial charge in [-0.1, -0.05) is 0 Å². The molecule has 20 heavy (non-hydrogen) atoms. The fraction of sp³-hybridized carbons (Fsp3) is 0.571. The number of aryl methyl sites for hydroxylation is 1. The molecule has 0 unspecified atom stereocenters. The molecule has 0 aliphatic carbocycles. The van der Waals surface area contributed by atoms with Gasteiger partial charge in [0.25, 0.3) is 5.56 Å². The van der Waals surface area contributed by atoms with Crippen LogP contribution in [0.15, 0.2) is 16.9 Å². The molecule has 0 aromatic carbocycles. The Kier molecular flexibility index (Phi) is 2.68. The highest BCUT2D eigenvalue weighted by Crippen LogP contribution is 2.28. The topological polar surface area (TPSA) is 65.4 Å². The van der Waals surface area contributed by atoms with E-state index in [-0.39, 0.29) is 5.56 Å². The summed E-state index contributed by atoms with van der Waals surface area (Å²) >= 11 is 0. The van der Waals surface area contributed by atoms with Crippen molar-refractivity contribution in [3.8, 4) is 0 Å². The minimum Gasteiger partial charge on any atom is -0.315 e. The average molecular weight is 273 g/mol. The van der Waals surface area contributed by atoms with Gasteiger partial charge in [-0.15, -0.1) is 0 Å². The maximum absolute atomic E-state index is 12.1. The van der Waals surface area contributed by atoms with E-state index in [1.807, 2.05) is 13.0 Å². The van der Waals surface area contributed by atoms with Crippen LogP contribution in [-0.2, 0) is 6.54 Å². The van der Waals surface area contributed by atoms with E-state index in [4.69, 9.17) is 0 Å². The molecule has 0 amide bonds. The van der Waals surface area contributed by atoms with E-state index >= 15 is 0 Å². The molecule has 0 saturated carbocycles. The van der Waals surface area contributed by atoms with E-state index in [1.54, 1.807) is 6.07 Å². The largest absolute Gasteiger partial charge is 0.315 e.